The van der Waals surface area contributed by atoms with Gasteiger partial charge in [-0.05, 0) is 37.8 Å². The first-order valence-electron chi connectivity index (χ1n) is 12.1. The molecule has 6 rings (SSSR count). The van der Waals surface area contributed by atoms with Crippen LogP contribution in [-0.4, -0.2) is 51.3 Å². The minimum atomic E-state index is -0.870. The molecule has 0 unspecified atom stereocenters. The molecule has 182 valence electrons. The van der Waals surface area contributed by atoms with Crippen molar-refractivity contribution in [2.45, 2.75) is 37.9 Å². The molecule has 2 N–H and O–H groups in total. The largest absolute Gasteiger partial charge is 0.461 e. The van der Waals surface area contributed by atoms with Gasteiger partial charge in [-0.1, -0.05) is 36.3 Å². The predicted octanol–water partition coefficient (Wildman–Crippen LogP) is 4.89. The van der Waals surface area contributed by atoms with E-state index >= 15 is 4.39 Å². The van der Waals surface area contributed by atoms with E-state index < -0.39 is 12.0 Å². The lowest BCUT2D eigenvalue weighted by Gasteiger charge is -2.30. The van der Waals surface area contributed by atoms with E-state index in [-0.39, 0.29) is 35.2 Å². The number of anilines is 1. The molecule has 4 heterocycles. The van der Waals surface area contributed by atoms with Gasteiger partial charge in [0.15, 0.2) is 5.82 Å². The Morgan fingerprint density at radius 1 is 1.22 bits per heavy atom. The van der Waals surface area contributed by atoms with Crippen molar-refractivity contribution in [1.29, 1.82) is 0 Å². The summed E-state index contributed by atoms with van der Waals surface area (Å²) >= 11 is 0. The zero-order valence-corrected chi connectivity index (χ0v) is 19.9. The highest BCUT2D eigenvalue weighted by Crippen LogP contribution is 2.40. The molecule has 0 amide bonds. The number of nitrogens with two attached hydrogens (primary N) is 1. The van der Waals surface area contributed by atoms with Crippen LogP contribution in [0.5, 0.6) is 6.01 Å². The molecule has 2 fully saturated rings. The molecule has 6 nitrogen and oxygen atoms in total. The summed E-state index contributed by atoms with van der Waals surface area (Å²) in [5, 5.41) is 2.06. The first kappa shape index (κ1) is 22.6. The molecule has 2 aliphatic heterocycles. The minimum absolute atomic E-state index is 0.0185. The standard InChI is InChI=1S/C28H25F2N5O/c1-2-6-17-7-3-8-18-9-4-10-20(22(17)18)24-23(30)25-21(14-32-24)26(31)34-27(33-25)36-16-28-11-5-12-35(28)15-19(29)13-28/h3-4,7-10,14,19H,5,11-13,15-16H2,1H3,(H2,31,33,34)/t19-,28+/m1/s1. The molecule has 8 heteroatoms. The van der Waals surface area contributed by atoms with Gasteiger partial charge in [-0.15, -0.1) is 5.92 Å². The van der Waals surface area contributed by atoms with Crippen LogP contribution in [0.4, 0.5) is 14.6 Å². The molecule has 4 aromatic rings. The Hall–Kier alpha value is -3.83. The molecule has 2 aromatic carbocycles. The lowest BCUT2D eigenvalue weighted by atomic mass is 9.95. The van der Waals surface area contributed by atoms with Crippen molar-refractivity contribution in [2.24, 2.45) is 0 Å². The van der Waals surface area contributed by atoms with Gasteiger partial charge in [0.05, 0.1) is 10.9 Å². The van der Waals surface area contributed by atoms with Crippen LogP contribution < -0.4 is 10.5 Å². The molecule has 0 aliphatic carbocycles. The first-order chi connectivity index (χ1) is 17.5. The van der Waals surface area contributed by atoms with E-state index in [4.69, 9.17) is 10.5 Å². The molecule has 0 saturated carbocycles. The predicted molar refractivity (Wildman–Crippen MR) is 136 cm³/mol. The fourth-order valence-corrected chi connectivity index (χ4v) is 5.74. The quantitative estimate of drug-likeness (QED) is 0.415. The van der Waals surface area contributed by atoms with Crippen molar-refractivity contribution < 1.29 is 13.5 Å². The van der Waals surface area contributed by atoms with Crippen LogP contribution >= 0.6 is 0 Å². The number of rotatable bonds is 4. The van der Waals surface area contributed by atoms with Crippen molar-refractivity contribution in [2.75, 3.05) is 25.4 Å². The third-order valence-electron chi connectivity index (χ3n) is 7.34. The van der Waals surface area contributed by atoms with Crippen molar-refractivity contribution in [3.05, 3.63) is 54.0 Å². The van der Waals surface area contributed by atoms with Gasteiger partial charge in [-0.25, -0.2) is 8.78 Å². The van der Waals surface area contributed by atoms with E-state index in [0.717, 1.165) is 35.7 Å². The summed E-state index contributed by atoms with van der Waals surface area (Å²) in [6, 6.07) is 11.4. The highest BCUT2D eigenvalue weighted by molar-refractivity contribution is 6.01. The van der Waals surface area contributed by atoms with Gasteiger partial charge in [-0.3, -0.25) is 9.88 Å². The molecule has 0 bridgehead atoms. The lowest BCUT2D eigenvalue weighted by Crippen LogP contribution is -2.43. The van der Waals surface area contributed by atoms with Gasteiger partial charge in [0.2, 0.25) is 0 Å². The van der Waals surface area contributed by atoms with Gasteiger partial charge in [0.1, 0.15) is 29.8 Å². The lowest BCUT2D eigenvalue weighted by molar-refractivity contribution is 0.107. The number of pyridine rings is 1. The summed E-state index contributed by atoms with van der Waals surface area (Å²) in [6.45, 7) is 3.27. The van der Waals surface area contributed by atoms with Crippen molar-refractivity contribution in [3.8, 4) is 29.1 Å². The van der Waals surface area contributed by atoms with Crippen LogP contribution in [0.3, 0.4) is 0 Å². The van der Waals surface area contributed by atoms with Gasteiger partial charge in [-0.2, -0.15) is 9.97 Å². The van der Waals surface area contributed by atoms with E-state index in [1.54, 1.807) is 6.92 Å². The molecule has 2 aromatic heterocycles. The van der Waals surface area contributed by atoms with Crippen molar-refractivity contribution in [3.63, 3.8) is 0 Å². The topological polar surface area (TPSA) is 77.2 Å². The second-order valence-electron chi connectivity index (χ2n) is 9.52. The molecule has 0 radical (unpaired) electrons. The Labute approximate surface area is 207 Å². The van der Waals surface area contributed by atoms with Gasteiger partial charge < -0.3 is 10.5 Å². The monoisotopic (exact) mass is 485 g/mol. The normalized spacial score (nSPS) is 21.5. The van der Waals surface area contributed by atoms with Crippen LogP contribution in [0.1, 0.15) is 31.7 Å². The van der Waals surface area contributed by atoms with Gasteiger partial charge in [0.25, 0.3) is 0 Å². The van der Waals surface area contributed by atoms with Gasteiger partial charge >= 0.3 is 6.01 Å². The Morgan fingerprint density at radius 3 is 2.89 bits per heavy atom. The molecule has 2 saturated heterocycles. The number of ether oxygens (including phenoxy) is 1. The third-order valence-corrected chi connectivity index (χ3v) is 7.34. The summed E-state index contributed by atoms with van der Waals surface area (Å²) in [7, 11) is 0. The minimum Gasteiger partial charge on any atom is -0.461 e. The highest BCUT2D eigenvalue weighted by Gasteiger charge is 2.49. The van der Waals surface area contributed by atoms with Gasteiger partial charge in [0, 0.05) is 35.7 Å². The van der Waals surface area contributed by atoms with Crippen LogP contribution in [0.15, 0.2) is 42.6 Å². The van der Waals surface area contributed by atoms with E-state index in [9.17, 15) is 4.39 Å². The number of benzene rings is 2. The molecule has 36 heavy (non-hydrogen) atoms. The van der Waals surface area contributed by atoms with E-state index in [2.05, 4.69) is 31.7 Å². The number of halogens is 2. The summed E-state index contributed by atoms with van der Waals surface area (Å²) < 4.78 is 36.1. The first-order valence-corrected chi connectivity index (χ1v) is 12.1. The fraction of sp³-hybridized carbons (Fsp3) is 0.321. The molecular formula is C28H25F2N5O. The third kappa shape index (κ3) is 3.62. The molecule has 0 spiro atoms. The number of hydrogen-bond donors (Lipinski definition) is 1. The number of aromatic nitrogens is 3. The second-order valence-corrected chi connectivity index (χ2v) is 9.52. The van der Waals surface area contributed by atoms with Crippen LogP contribution in [0.25, 0.3) is 32.9 Å². The zero-order valence-electron chi connectivity index (χ0n) is 19.9. The summed E-state index contributed by atoms with van der Waals surface area (Å²) in [5.41, 5.74) is 7.38. The maximum Gasteiger partial charge on any atom is 0.319 e. The molecular weight excluding hydrogens is 460 g/mol. The smallest absolute Gasteiger partial charge is 0.319 e. The summed E-state index contributed by atoms with van der Waals surface area (Å²) in [5.74, 6) is 5.50. The fourth-order valence-electron chi connectivity index (χ4n) is 5.74. The van der Waals surface area contributed by atoms with Crippen molar-refractivity contribution in [1.82, 2.24) is 19.9 Å². The number of fused-ring (bicyclic) bond motifs is 3. The second kappa shape index (κ2) is 8.68. The Balaban J connectivity index is 1.42. The average Bonchev–Trinajstić information content (AvgIpc) is 3.39. The summed E-state index contributed by atoms with van der Waals surface area (Å²) in [4.78, 5) is 15.2. The highest BCUT2D eigenvalue weighted by atomic mass is 19.1. The zero-order chi connectivity index (χ0) is 24.9. The Bertz CT molecular complexity index is 1560. The van der Waals surface area contributed by atoms with E-state index in [0.29, 0.717) is 23.9 Å². The maximum absolute atomic E-state index is 16.0. The average molecular weight is 486 g/mol. The van der Waals surface area contributed by atoms with E-state index in [1.165, 1.54) is 6.20 Å². The Kier molecular flexibility index (Phi) is 5.45. The van der Waals surface area contributed by atoms with Crippen LogP contribution in [-0.2, 0) is 0 Å². The summed E-state index contributed by atoms with van der Waals surface area (Å²) in [6.07, 6.45) is 2.88. The number of nitrogen functional groups attached to an aromatic ring is 1. The SMILES string of the molecule is CC#Cc1cccc2cccc(-c3ncc4c(N)nc(OC[C@@]56CCCN5C[C@H](F)C6)nc4c3F)c12. The Morgan fingerprint density at radius 2 is 2.06 bits per heavy atom. The number of alkyl halides is 1. The van der Waals surface area contributed by atoms with E-state index in [1.807, 2.05) is 36.4 Å². The molecule has 2 atom stereocenters. The number of hydrogen-bond acceptors (Lipinski definition) is 6. The van der Waals surface area contributed by atoms with Crippen LogP contribution in [0, 0.1) is 17.7 Å². The maximum atomic E-state index is 16.0. The van der Waals surface area contributed by atoms with Crippen LogP contribution in [0.2, 0.25) is 0 Å². The molecule has 2 aliphatic rings. The number of nitrogens with zero attached hydrogens (tertiary/aromatic N) is 4. The van der Waals surface area contributed by atoms with Crippen molar-refractivity contribution >= 4 is 27.5 Å².